The molecule has 0 saturated carbocycles. The van der Waals surface area contributed by atoms with Crippen LogP contribution < -0.4 is 0 Å². The van der Waals surface area contributed by atoms with Crippen molar-refractivity contribution in [2.45, 2.75) is 0 Å². The summed E-state index contributed by atoms with van der Waals surface area (Å²) in [5.74, 6) is 0. The van der Waals surface area contributed by atoms with Gasteiger partial charge in [-0.1, -0.05) is 0 Å². The van der Waals surface area contributed by atoms with Crippen LogP contribution in [0.1, 0.15) is 0 Å². The van der Waals surface area contributed by atoms with Crippen molar-refractivity contribution in [3.8, 4) is 5.69 Å². The lowest BCUT2D eigenvalue weighted by atomic mass is 10.6. The molecule has 2 aromatic rings. The fourth-order valence-electron chi connectivity index (χ4n) is 0.885. The first kappa shape index (κ1) is 9.42. The molecule has 2 heterocycles. The maximum atomic E-state index is 4.23. The topological polar surface area (TPSA) is 46.5 Å². The van der Waals surface area contributed by atoms with Crippen molar-refractivity contribution in [1.29, 1.82) is 0 Å². The van der Waals surface area contributed by atoms with Gasteiger partial charge in [-0.25, -0.2) is 4.68 Å². The van der Waals surface area contributed by atoms with E-state index in [1.54, 1.807) is 17.1 Å². The lowest BCUT2D eigenvalue weighted by molar-refractivity contribution is 0.852. The van der Waals surface area contributed by atoms with Crippen LogP contribution in [0.2, 0.25) is 0 Å². The number of aromatic nitrogens is 4. The summed E-state index contributed by atoms with van der Waals surface area (Å²) >= 11 is 10.1. The Hall–Kier alpha value is -0.140. The zero-order valence-corrected chi connectivity index (χ0v) is 10.9. The van der Waals surface area contributed by atoms with Crippen LogP contribution in [-0.4, -0.2) is 20.0 Å². The van der Waals surface area contributed by atoms with E-state index < -0.39 is 0 Å². The summed E-state index contributed by atoms with van der Waals surface area (Å²) < 4.78 is 4.20. The van der Waals surface area contributed by atoms with Crippen LogP contribution in [0, 0.1) is 0 Å². The van der Waals surface area contributed by atoms with Gasteiger partial charge in [0.15, 0.2) is 0 Å². The van der Waals surface area contributed by atoms with Gasteiger partial charge >= 0.3 is 0 Å². The van der Waals surface area contributed by atoms with E-state index in [4.69, 9.17) is 0 Å². The van der Waals surface area contributed by atoms with E-state index in [-0.39, 0.29) is 0 Å². The normalized spacial score (nSPS) is 10.7. The summed E-state index contributed by atoms with van der Waals surface area (Å²) in [6, 6.07) is 0. The Balaban J connectivity index is 2.59. The minimum absolute atomic E-state index is 0.751. The van der Waals surface area contributed by atoms with Crippen molar-refractivity contribution in [3.05, 3.63) is 26.1 Å². The molecule has 0 aliphatic heterocycles. The molecule has 0 unspecified atom stereocenters. The van der Waals surface area contributed by atoms with Crippen LogP contribution in [0.15, 0.2) is 26.1 Å². The van der Waals surface area contributed by atoms with E-state index in [1.165, 1.54) is 0 Å². The molecule has 0 atom stereocenters. The molecule has 13 heavy (non-hydrogen) atoms. The molecule has 0 aliphatic carbocycles. The average molecular weight is 371 g/mol. The monoisotopic (exact) mass is 368 g/mol. The smallest absolute Gasteiger partial charge is 0.143 e. The van der Waals surface area contributed by atoms with E-state index in [9.17, 15) is 0 Å². The lowest BCUT2D eigenvalue weighted by Gasteiger charge is -1.96. The molecule has 0 amide bonds. The van der Waals surface area contributed by atoms with E-state index >= 15 is 0 Å². The SMILES string of the molecule is Brc1nn(-c2cn[nH]c2)c(Br)c1Br. The molecule has 4 nitrogen and oxygen atoms in total. The summed E-state index contributed by atoms with van der Waals surface area (Å²) in [6.07, 6.45) is 3.45. The molecule has 0 fully saturated rings. The second-order valence-electron chi connectivity index (χ2n) is 2.26. The third-order valence-corrected chi connectivity index (χ3v) is 4.57. The minimum Gasteiger partial charge on any atom is -0.283 e. The van der Waals surface area contributed by atoms with E-state index in [0.717, 1.165) is 19.4 Å². The summed E-state index contributed by atoms with van der Waals surface area (Å²) in [5, 5.41) is 10.8. The van der Waals surface area contributed by atoms with Crippen LogP contribution in [0.3, 0.4) is 0 Å². The van der Waals surface area contributed by atoms with Crippen molar-refractivity contribution in [1.82, 2.24) is 20.0 Å². The van der Waals surface area contributed by atoms with Crippen molar-refractivity contribution >= 4 is 47.8 Å². The first-order valence-corrected chi connectivity index (χ1v) is 5.66. The van der Waals surface area contributed by atoms with Gasteiger partial charge in [-0.15, -0.1) is 0 Å². The van der Waals surface area contributed by atoms with Crippen LogP contribution in [0.5, 0.6) is 0 Å². The number of rotatable bonds is 1. The first-order chi connectivity index (χ1) is 6.20. The number of halogens is 3. The molecule has 0 radical (unpaired) electrons. The summed E-state index contributed by atoms with van der Waals surface area (Å²) in [7, 11) is 0. The Bertz CT molecular complexity index is 419. The molecule has 68 valence electrons. The largest absolute Gasteiger partial charge is 0.283 e. The fourth-order valence-corrected chi connectivity index (χ4v) is 2.22. The lowest BCUT2D eigenvalue weighted by Crippen LogP contribution is -1.93. The molecule has 0 spiro atoms. The number of hydrogen-bond acceptors (Lipinski definition) is 2. The number of nitrogens with zero attached hydrogens (tertiary/aromatic N) is 3. The Kier molecular flexibility index (Phi) is 2.57. The van der Waals surface area contributed by atoms with Crippen LogP contribution in [-0.2, 0) is 0 Å². The molecule has 0 aliphatic rings. The number of hydrogen-bond donors (Lipinski definition) is 1. The number of aromatic amines is 1. The van der Waals surface area contributed by atoms with Gasteiger partial charge in [0.1, 0.15) is 14.9 Å². The van der Waals surface area contributed by atoms with Gasteiger partial charge in [0.05, 0.1) is 10.7 Å². The van der Waals surface area contributed by atoms with Gasteiger partial charge in [0.2, 0.25) is 0 Å². The second kappa shape index (κ2) is 3.55. The van der Waals surface area contributed by atoms with Crippen LogP contribution in [0.25, 0.3) is 5.69 Å². The molecule has 0 bridgehead atoms. The van der Waals surface area contributed by atoms with E-state index in [0.29, 0.717) is 0 Å². The Morgan fingerprint density at radius 2 is 2.08 bits per heavy atom. The minimum atomic E-state index is 0.751. The van der Waals surface area contributed by atoms with Gasteiger partial charge in [-0.2, -0.15) is 10.2 Å². The Labute approximate surface area is 99.1 Å². The van der Waals surface area contributed by atoms with E-state index in [2.05, 4.69) is 63.1 Å². The highest BCUT2D eigenvalue weighted by atomic mass is 79.9. The first-order valence-electron chi connectivity index (χ1n) is 3.29. The maximum Gasteiger partial charge on any atom is 0.143 e. The van der Waals surface area contributed by atoms with Gasteiger partial charge in [-0.3, -0.25) is 5.10 Å². The maximum absolute atomic E-state index is 4.23. The standard InChI is InChI=1S/C6H3Br3N4/c7-4-5(8)12-13(6(4)9)3-1-10-11-2-3/h1-2H,(H,10,11). The third kappa shape index (κ3) is 1.60. The Morgan fingerprint density at radius 3 is 2.54 bits per heavy atom. The second-order valence-corrected chi connectivity index (χ2v) is 4.56. The molecular formula is C6H3Br3N4. The summed E-state index contributed by atoms with van der Waals surface area (Å²) in [4.78, 5) is 0. The van der Waals surface area contributed by atoms with Crippen molar-refractivity contribution < 1.29 is 0 Å². The third-order valence-electron chi connectivity index (χ3n) is 1.46. The number of nitrogens with one attached hydrogen (secondary N) is 1. The molecule has 1 N–H and O–H groups in total. The van der Waals surface area contributed by atoms with Gasteiger partial charge in [-0.05, 0) is 47.8 Å². The highest BCUT2D eigenvalue weighted by molar-refractivity contribution is 9.14. The molecule has 0 aromatic carbocycles. The molecular weight excluding hydrogens is 368 g/mol. The van der Waals surface area contributed by atoms with Gasteiger partial charge < -0.3 is 0 Å². The average Bonchev–Trinajstić information content (AvgIpc) is 2.70. The summed E-state index contributed by atoms with van der Waals surface area (Å²) in [6.45, 7) is 0. The highest BCUT2D eigenvalue weighted by Gasteiger charge is 2.12. The van der Waals surface area contributed by atoms with E-state index in [1.807, 2.05) is 0 Å². The van der Waals surface area contributed by atoms with Crippen molar-refractivity contribution in [2.24, 2.45) is 0 Å². The molecule has 2 rings (SSSR count). The van der Waals surface area contributed by atoms with Crippen LogP contribution >= 0.6 is 47.8 Å². The molecule has 7 heteroatoms. The number of H-pyrrole nitrogens is 1. The predicted molar refractivity (Wildman–Crippen MR) is 58.8 cm³/mol. The predicted octanol–water partition coefficient (Wildman–Crippen LogP) is 2.88. The van der Waals surface area contributed by atoms with Crippen molar-refractivity contribution in [2.75, 3.05) is 0 Å². The molecule has 2 aromatic heterocycles. The Morgan fingerprint density at radius 1 is 1.31 bits per heavy atom. The van der Waals surface area contributed by atoms with Gasteiger partial charge in [0.25, 0.3) is 0 Å². The highest BCUT2D eigenvalue weighted by Crippen LogP contribution is 2.31. The van der Waals surface area contributed by atoms with Crippen LogP contribution in [0.4, 0.5) is 0 Å². The van der Waals surface area contributed by atoms with Crippen molar-refractivity contribution in [3.63, 3.8) is 0 Å². The zero-order valence-electron chi connectivity index (χ0n) is 6.13. The fraction of sp³-hybridized carbons (Fsp3) is 0. The van der Waals surface area contributed by atoms with Gasteiger partial charge in [0, 0.05) is 6.20 Å². The summed E-state index contributed by atoms with van der Waals surface area (Å²) in [5.41, 5.74) is 0.873. The zero-order chi connectivity index (χ0) is 9.42. The quantitative estimate of drug-likeness (QED) is 0.839. The molecule has 0 saturated heterocycles.